The number of imidazole rings is 1. The Hall–Kier alpha value is -0.870. The first-order valence-electron chi connectivity index (χ1n) is 7.63. The van der Waals surface area contributed by atoms with Crippen molar-refractivity contribution in [1.82, 2.24) is 14.9 Å². The van der Waals surface area contributed by atoms with Crippen LogP contribution >= 0.6 is 0 Å². The van der Waals surface area contributed by atoms with Crippen LogP contribution in [-0.2, 0) is 11.3 Å². The number of hydrogen-bond donors (Lipinski definition) is 1. The van der Waals surface area contributed by atoms with Gasteiger partial charge in [0.15, 0.2) is 0 Å². The van der Waals surface area contributed by atoms with Crippen molar-refractivity contribution in [2.45, 2.75) is 58.1 Å². The van der Waals surface area contributed by atoms with Crippen molar-refractivity contribution in [2.75, 3.05) is 19.7 Å². The van der Waals surface area contributed by atoms with E-state index < -0.39 is 0 Å². The minimum Gasteiger partial charge on any atom is -0.378 e. The second kappa shape index (κ2) is 7.65. The van der Waals surface area contributed by atoms with Gasteiger partial charge in [-0.2, -0.15) is 0 Å². The molecule has 1 atom stereocenters. The van der Waals surface area contributed by atoms with E-state index in [0.717, 1.165) is 51.9 Å². The van der Waals surface area contributed by atoms with Gasteiger partial charge in [0.2, 0.25) is 0 Å². The van der Waals surface area contributed by atoms with Crippen LogP contribution in [0.5, 0.6) is 0 Å². The van der Waals surface area contributed by atoms with Crippen LogP contribution in [0.2, 0.25) is 0 Å². The minimum atomic E-state index is 0.470. The highest BCUT2D eigenvalue weighted by Crippen LogP contribution is 2.18. The van der Waals surface area contributed by atoms with Gasteiger partial charge in [0.1, 0.15) is 0 Å². The van der Waals surface area contributed by atoms with Crippen LogP contribution in [0.15, 0.2) is 12.5 Å². The highest BCUT2D eigenvalue weighted by Gasteiger charge is 2.13. The maximum Gasteiger partial charge on any atom is 0.0948 e. The molecule has 1 aliphatic heterocycles. The maximum atomic E-state index is 5.93. The van der Waals surface area contributed by atoms with Gasteiger partial charge >= 0.3 is 0 Å². The molecule has 1 aromatic heterocycles. The van der Waals surface area contributed by atoms with Crippen molar-refractivity contribution < 1.29 is 4.74 Å². The molecule has 1 aromatic rings. The summed E-state index contributed by atoms with van der Waals surface area (Å²) < 4.78 is 8.21. The van der Waals surface area contributed by atoms with Crippen molar-refractivity contribution in [3.63, 3.8) is 0 Å². The number of aromatic nitrogens is 2. The average Bonchev–Trinajstić information content (AvgIpc) is 2.92. The van der Waals surface area contributed by atoms with Gasteiger partial charge in [-0.25, -0.2) is 4.98 Å². The Morgan fingerprint density at radius 2 is 2.26 bits per heavy atom. The summed E-state index contributed by atoms with van der Waals surface area (Å²) in [5.74, 6) is 0.591. The molecule has 0 saturated carbocycles. The summed E-state index contributed by atoms with van der Waals surface area (Å²) in [5, 5.41) is 3.36. The zero-order valence-corrected chi connectivity index (χ0v) is 12.3. The summed E-state index contributed by atoms with van der Waals surface area (Å²) >= 11 is 0. The van der Waals surface area contributed by atoms with E-state index in [0.29, 0.717) is 12.0 Å². The molecule has 1 unspecified atom stereocenters. The number of piperidine rings is 1. The Bertz CT molecular complexity index is 358. The van der Waals surface area contributed by atoms with E-state index in [-0.39, 0.29) is 0 Å². The fraction of sp³-hybridized carbons (Fsp3) is 0.800. The van der Waals surface area contributed by atoms with Crippen LogP contribution in [0.25, 0.3) is 0 Å². The smallest absolute Gasteiger partial charge is 0.0948 e. The number of nitrogens with zero attached hydrogens (tertiary/aromatic N) is 2. The molecule has 1 saturated heterocycles. The molecule has 0 aromatic carbocycles. The molecule has 1 aliphatic rings. The Balaban J connectivity index is 1.69. The molecule has 2 rings (SSSR count). The molecule has 0 aliphatic carbocycles. The first-order valence-corrected chi connectivity index (χ1v) is 7.63. The molecular formula is C15H27N3O. The van der Waals surface area contributed by atoms with Gasteiger partial charge in [-0.1, -0.05) is 13.8 Å². The highest BCUT2D eigenvalue weighted by atomic mass is 16.5. The summed E-state index contributed by atoms with van der Waals surface area (Å²) in [4.78, 5) is 4.27. The van der Waals surface area contributed by atoms with Crippen molar-refractivity contribution >= 4 is 0 Å². The third-order valence-electron chi connectivity index (χ3n) is 4.04. The largest absolute Gasteiger partial charge is 0.378 e. The van der Waals surface area contributed by atoms with Gasteiger partial charge in [-0.3, -0.25) is 0 Å². The van der Waals surface area contributed by atoms with Crippen LogP contribution in [-0.4, -0.2) is 35.4 Å². The highest BCUT2D eigenvalue weighted by molar-refractivity contribution is 5.04. The number of hydrogen-bond acceptors (Lipinski definition) is 3. The Morgan fingerprint density at radius 1 is 1.47 bits per heavy atom. The molecule has 108 valence electrons. The molecule has 4 nitrogen and oxygen atoms in total. The van der Waals surface area contributed by atoms with E-state index in [1.807, 2.05) is 12.5 Å². The van der Waals surface area contributed by atoms with Crippen molar-refractivity contribution in [2.24, 2.45) is 0 Å². The lowest BCUT2D eigenvalue weighted by molar-refractivity contribution is 0.0300. The SMILES string of the molecule is CCC(C)c1cncn1CCCOC1CCNCC1. The lowest BCUT2D eigenvalue weighted by Crippen LogP contribution is -2.32. The summed E-state index contributed by atoms with van der Waals surface area (Å²) in [7, 11) is 0. The first kappa shape index (κ1) is 14.5. The quantitative estimate of drug-likeness (QED) is 0.770. The summed E-state index contributed by atoms with van der Waals surface area (Å²) in [6, 6.07) is 0. The fourth-order valence-electron chi connectivity index (χ4n) is 2.58. The van der Waals surface area contributed by atoms with E-state index in [9.17, 15) is 0 Å². The molecule has 0 amide bonds. The fourth-order valence-corrected chi connectivity index (χ4v) is 2.58. The average molecular weight is 265 g/mol. The molecule has 0 bridgehead atoms. The second-order valence-electron chi connectivity index (χ2n) is 5.49. The van der Waals surface area contributed by atoms with Crippen LogP contribution in [0.3, 0.4) is 0 Å². The molecule has 0 radical (unpaired) electrons. The molecule has 19 heavy (non-hydrogen) atoms. The van der Waals surface area contributed by atoms with E-state index in [1.54, 1.807) is 0 Å². The van der Waals surface area contributed by atoms with Crippen LogP contribution < -0.4 is 5.32 Å². The third-order valence-corrected chi connectivity index (χ3v) is 4.04. The zero-order chi connectivity index (χ0) is 13.5. The van der Waals surface area contributed by atoms with Gasteiger partial charge in [0.25, 0.3) is 0 Å². The van der Waals surface area contributed by atoms with Gasteiger partial charge < -0.3 is 14.6 Å². The van der Waals surface area contributed by atoms with E-state index >= 15 is 0 Å². The lowest BCUT2D eigenvalue weighted by Gasteiger charge is -2.23. The predicted molar refractivity (Wildman–Crippen MR) is 77.4 cm³/mol. The van der Waals surface area contributed by atoms with E-state index in [4.69, 9.17) is 4.74 Å². The maximum absolute atomic E-state index is 5.93. The topological polar surface area (TPSA) is 39.1 Å². The Labute approximate surface area is 116 Å². The van der Waals surface area contributed by atoms with Crippen molar-refractivity contribution in [1.29, 1.82) is 0 Å². The van der Waals surface area contributed by atoms with Crippen LogP contribution in [0.4, 0.5) is 0 Å². The first-order chi connectivity index (χ1) is 9.31. The molecule has 1 fully saturated rings. The molecule has 1 N–H and O–H groups in total. The lowest BCUT2D eigenvalue weighted by atomic mass is 10.1. The van der Waals surface area contributed by atoms with Gasteiger partial charge in [0.05, 0.1) is 12.4 Å². The number of nitrogens with one attached hydrogen (secondary N) is 1. The summed E-state index contributed by atoms with van der Waals surface area (Å²) in [6.07, 6.45) is 8.97. The monoisotopic (exact) mass is 265 g/mol. The predicted octanol–water partition coefficient (Wildman–Crippen LogP) is 2.56. The molecular weight excluding hydrogens is 238 g/mol. The number of aryl methyl sites for hydroxylation is 1. The van der Waals surface area contributed by atoms with Crippen LogP contribution in [0.1, 0.15) is 51.1 Å². The number of rotatable bonds is 7. The zero-order valence-electron chi connectivity index (χ0n) is 12.3. The standard InChI is InChI=1S/C15H27N3O/c1-3-13(2)15-11-17-12-18(15)9-4-10-19-14-5-7-16-8-6-14/h11-14,16H,3-10H2,1-2H3. The van der Waals surface area contributed by atoms with E-state index in [1.165, 1.54) is 5.69 Å². The normalized spacial score (nSPS) is 18.6. The number of ether oxygens (including phenoxy) is 1. The van der Waals surface area contributed by atoms with Crippen molar-refractivity contribution in [3.8, 4) is 0 Å². The Morgan fingerprint density at radius 3 is 3.00 bits per heavy atom. The van der Waals surface area contributed by atoms with E-state index in [2.05, 4.69) is 28.7 Å². The second-order valence-corrected chi connectivity index (χ2v) is 5.49. The minimum absolute atomic E-state index is 0.470. The summed E-state index contributed by atoms with van der Waals surface area (Å²) in [5.41, 5.74) is 1.35. The third kappa shape index (κ3) is 4.32. The molecule has 0 spiro atoms. The van der Waals surface area contributed by atoms with Crippen LogP contribution in [0, 0.1) is 0 Å². The molecule has 4 heteroatoms. The van der Waals surface area contributed by atoms with Gasteiger partial charge in [-0.15, -0.1) is 0 Å². The van der Waals surface area contributed by atoms with Crippen molar-refractivity contribution in [3.05, 3.63) is 18.2 Å². The van der Waals surface area contributed by atoms with Gasteiger partial charge in [0, 0.05) is 25.0 Å². The Kier molecular flexibility index (Phi) is 5.86. The van der Waals surface area contributed by atoms with Gasteiger partial charge in [-0.05, 0) is 44.7 Å². The summed E-state index contributed by atoms with van der Waals surface area (Å²) in [6.45, 7) is 8.57. The molecule has 2 heterocycles.